The number of halogens is 1. The second kappa shape index (κ2) is 8.24. The van der Waals surface area contributed by atoms with Crippen molar-refractivity contribution < 1.29 is 22.8 Å². The number of rotatable bonds is 6. The zero-order valence-corrected chi connectivity index (χ0v) is 16.7. The van der Waals surface area contributed by atoms with Crippen LogP contribution in [0, 0.1) is 0 Å². The summed E-state index contributed by atoms with van der Waals surface area (Å²) in [5.74, 6) is 3.47. The van der Waals surface area contributed by atoms with E-state index in [0.29, 0.717) is 47.1 Å². The number of methoxy groups -OCH3 is 1. The fourth-order valence-corrected chi connectivity index (χ4v) is 4.23. The van der Waals surface area contributed by atoms with Gasteiger partial charge in [-0.15, -0.1) is 0 Å². The number of fused-ring (bicyclic) bond motifs is 1. The normalized spacial score (nSPS) is 13.9. The van der Waals surface area contributed by atoms with Crippen molar-refractivity contribution >= 4 is 22.4 Å². The highest BCUT2D eigenvalue weighted by molar-refractivity contribution is 7.83. The SMILES string of the molecule is COc1ccc(-c2cnc(C[S@@](=O)Cc3cc(Cl)c4c(c3)OCCO4)o2)cc1. The van der Waals surface area contributed by atoms with Gasteiger partial charge < -0.3 is 18.6 Å². The van der Waals surface area contributed by atoms with Gasteiger partial charge in [-0.3, -0.25) is 4.21 Å². The lowest BCUT2D eigenvalue weighted by Gasteiger charge is -2.20. The van der Waals surface area contributed by atoms with Gasteiger partial charge in [0.15, 0.2) is 17.3 Å². The Balaban J connectivity index is 1.43. The Morgan fingerprint density at radius 1 is 1.14 bits per heavy atom. The standard InChI is InChI=1S/C20H18ClNO5S/c1-24-15-4-2-14(3-5-15)18-10-22-19(27-18)12-28(23)11-13-8-16(21)20-17(9-13)25-6-7-26-20/h2-5,8-10H,6-7,11-12H2,1H3/t28-/m0/s1. The van der Waals surface area contributed by atoms with Gasteiger partial charge >= 0.3 is 0 Å². The van der Waals surface area contributed by atoms with Gasteiger partial charge in [-0.25, -0.2) is 4.98 Å². The third-order valence-corrected chi connectivity index (χ3v) is 5.70. The Morgan fingerprint density at radius 2 is 1.93 bits per heavy atom. The summed E-state index contributed by atoms with van der Waals surface area (Å²) in [4.78, 5) is 4.24. The first-order valence-corrected chi connectivity index (χ1v) is 10.5. The first kappa shape index (κ1) is 18.8. The fraction of sp³-hybridized carbons (Fsp3) is 0.250. The molecule has 1 aliphatic heterocycles. The topological polar surface area (TPSA) is 70.8 Å². The molecule has 8 heteroatoms. The number of benzene rings is 2. The van der Waals surface area contributed by atoms with Crippen LogP contribution in [-0.2, 0) is 22.3 Å². The molecule has 0 aliphatic carbocycles. The minimum atomic E-state index is -1.21. The highest BCUT2D eigenvalue weighted by atomic mass is 35.5. The molecule has 0 spiro atoms. The van der Waals surface area contributed by atoms with E-state index >= 15 is 0 Å². The quantitative estimate of drug-likeness (QED) is 0.595. The molecule has 0 radical (unpaired) electrons. The minimum absolute atomic E-state index is 0.211. The van der Waals surface area contributed by atoms with E-state index in [1.165, 1.54) is 0 Å². The number of hydrogen-bond acceptors (Lipinski definition) is 6. The monoisotopic (exact) mass is 419 g/mol. The molecule has 146 valence electrons. The molecule has 2 aromatic carbocycles. The van der Waals surface area contributed by atoms with Crippen molar-refractivity contribution in [2.75, 3.05) is 20.3 Å². The van der Waals surface area contributed by atoms with Crippen molar-refractivity contribution in [2.24, 2.45) is 0 Å². The van der Waals surface area contributed by atoms with Crippen molar-refractivity contribution in [3.63, 3.8) is 0 Å². The number of ether oxygens (including phenoxy) is 3. The Kier molecular flexibility index (Phi) is 5.54. The summed E-state index contributed by atoms with van der Waals surface area (Å²) in [5.41, 5.74) is 1.69. The zero-order valence-electron chi connectivity index (χ0n) is 15.1. The van der Waals surface area contributed by atoms with E-state index in [1.54, 1.807) is 19.4 Å². The number of nitrogens with zero attached hydrogens (tertiary/aromatic N) is 1. The molecular weight excluding hydrogens is 402 g/mol. The first-order valence-electron chi connectivity index (χ1n) is 8.64. The Morgan fingerprint density at radius 3 is 2.71 bits per heavy atom. The third-order valence-electron chi connectivity index (χ3n) is 4.20. The molecule has 0 saturated carbocycles. The summed E-state index contributed by atoms with van der Waals surface area (Å²) in [5, 5.41) is 0.460. The third kappa shape index (κ3) is 4.15. The van der Waals surface area contributed by atoms with E-state index in [2.05, 4.69) is 4.98 Å². The van der Waals surface area contributed by atoms with Crippen LogP contribution in [0.5, 0.6) is 17.2 Å². The van der Waals surface area contributed by atoms with Gasteiger partial charge in [0.25, 0.3) is 0 Å². The van der Waals surface area contributed by atoms with E-state index in [-0.39, 0.29) is 5.75 Å². The van der Waals surface area contributed by atoms with Gasteiger partial charge in [0.1, 0.15) is 24.7 Å². The molecule has 3 aromatic rings. The molecule has 2 heterocycles. The molecule has 1 aromatic heterocycles. The van der Waals surface area contributed by atoms with Crippen molar-refractivity contribution in [3.05, 3.63) is 59.1 Å². The number of aromatic nitrogens is 1. The summed E-state index contributed by atoms with van der Waals surface area (Å²) in [6.45, 7) is 0.943. The molecule has 4 rings (SSSR count). The van der Waals surface area contributed by atoms with E-state index in [1.807, 2.05) is 30.3 Å². The predicted octanol–water partition coefficient (Wildman–Crippen LogP) is 4.22. The molecule has 0 amide bonds. The summed E-state index contributed by atoms with van der Waals surface area (Å²) in [6.07, 6.45) is 1.63. The molecule has 1 aliphatic rings. The van der Waals surface area contributed by atoms with E-state index in [0.717, 1.165) is 16.9 Å². The Labute approximate surface area is 169 Å². The van der Waals surface area contributed by atoms with Crippen LogP contribution in [0.15, 0.2) is 47.0 Å². The van der Waals surface area contributed by atoms with Gasteiger partial charge in [-0.05, 0) is 42.0 Å². The second-order valence-corrected chi connectivity index (χ2v) is 8.04. The van der Waals surface area contributed by atoms with Crippen molar-refractivity contribution in [1.29, 1.82) is 0 Å². The van der Waals surface area contributed by atoms with Gasteiger partial charge in [0.2, 0.25) is 5.89 Å². The number of hydrogen-bond donors (Lipinski definition) is 0. The van der Waals surface area contributed by atoms with Gasteiger partial charge in [-0.1, -0.05) is 11.6 Å². The maximum absolute atomic E-state index is 12.6. The van der Waals surface area contributed by atoms with Crippen LogP contribution in [0.3, 0.4) is 0 Å². The van der Waals surface area contributed by atoms with Gasteiger partial charge in [-0.2, -0.15) is 0 Å². The van der Waals surface area contributed by atoms with Crippen LogP contribution >= 0.6 is 11.6 Å². The smallest absolute Gasteiger partial charge is 0.207 e. The van der Waals surface area contributed by atoms with E-state index < -0.39 is 10.8 Å². The molecule has 0 saturated heterocycles. The van der Waals surface area contributed by atoms with Crippen LogP contribution < -0.4 is 14.2 Å². The van der Waals surface area contributed by atoms with Crippen LogP contribution in [0.2, 0.25) is 5.02 Å². The molecule has 0 unspecified atom stereocenters. The van der Waals surface area contributed by atoms with Crippen LogP contribution in [0.4, 0.5) is 0 Å². The van der Waals surface area contributed by atoms with Crippen LogP contribution in [0.25, 0.3) is 11.3 Å². The Hall–Kier alpha value is -2.51. The van der Waals surface area contributed by atoms with Crippen molar-refractivity contribution in [1.82, 2.24) is 4.98 Å². The van der Waals surface area contributed by atoms with Crippen molar-refractivity contribution in [2.45, 2.75) is 11.5 Å². The molecule has 28 heavy (non-hydrogen) atoms. The first-order chi connectivity index (χ1) is 13.6. The number of oxazole rings is 1. The lowest BCUT2D eigenvalue weighted by Crippen LogP contribution is -2.16. The van der Waals surface area contributed by atoms with E-state index in [9.17, 15) is 4.21 Å². The summed E-state index contributed by atoms with van der Waals surface area (Å²) < 4.78 is 34.5. The molecule has 0 fully saturated rings. The summed E-state index contributed by atoms with van der Waals surface area (Å²) >= 11 is 6.24. The van der Waals surface area contributed by atoms with Crippen LogP contribution in [0.1, 0.15) is 11.5 Å². The average molecular weight is 420 g/mol. The Bertz CT molecular complexity index is 1000. The predicted molar refractivity (Wildman–Crippen MR) is 106 cm³/mol. The molecule has 1 atom stereocenters. The minimum Gasteiger partial charge on any atom is -0.497 e. The van der Waals surface area contributed by atoms with Gasteiger partial charge in [0, 0.05) is 22.1 Å². The highest BCUT2D eigenvalue weighted by Gasteiger charge is 2.18. The van der Waals surface area contributed by atoms with Gasteiger partial charge in [0.05, 0.1) is 18.3 Å². The lowest BCUT2D eigenvalue weighted by atomic mass is 10.2. The van der Waals surface area contributed by atoms with E-state index in [4.69, 9.17) is 30.2 Å². The zero-order chi connectivity index (χ0) is 19.5. The lowest BCUT2D eigenvalue weighted by molar-refractivity contribution is 0.171. The maximum Gasteiger partial charge on any atom is 0.207 e. The molecule has 0 N–H and O–H groups in total. The van der Waals surface area contributed by atoms with Crippen molar-refractivity contribution in [3.8, 4) is 28.6 Å². The summed E-state index contributed by atoms with van der Waals surface area (Å²) in [6, 6.07) is 11.0. The molecular formula is C20H18ClNO5S. The second-order valence-electron chi connectivity index (χ2n) is 6.18. The highest BCUT2D eigenvalue weighted by Crippen LogP contribution is 2.38. The van der Waals surface area contributed by atoms with Crippen LogP contribution in [-0.4, -0.2) is 29.5 Å². The summed E-state index contributed by atoms with van der Waals surface area (Å²) in [7, 11) is 0.406. The molecule has 6 nitrogen and oxygen atoms in total. The average Bonchev–Trinajstić information content (AvgIpc) is 3.16. The fourth-order valence-electron chi connectivity index (χ4n) is 2.89. The largest absolute Gasteiger partial charge is 0.497 e. The maximum atomic E-state index is 12.6. The molecule has 0 bridgehead atoms.